The summed E-state index contributed by atoms with van der Waals surface area (Å²) in [6.07, 6.45) is 1.79. The van der Waals surface area contributed by atoms with Gasteiger partial charge in [-0.05, 0) is 32.8 Å². The second-order valence-electron chi connectivity index (χ2n) is 5.25. The molecule has 0 amide bonds. The van der Waals surface area contributed by atoms with Gasteiger partial charge in [-0.25, -0.2) is 0 Å². The molecule has 3 nitrogen and oxygen atoms in total. The topological polar surface area (TPSA) is 38.0 Å². The van der Waals surface area contributed by atoms with Gasteiger partial charge in [0, 0.05) is 11.6 Å². The Morgan fingerprint density at radius 1 is 1.26 bits per heavy atom. The number of hydrogen-bond acceptors (Lipinski definition) is 2. The summed E-state index contributed by atoms with van der Waals surface area (Å²) in [7, 11) is 0. The molecule has 1 heterocycles. The Kier molecular flexibility index (Phi) is 3.93. The molecule has 1 aromatic carbocycles. The van der Waals surface area contributed by atoms with Gasteiger partial charge in [-0.2, -0.15) is 5.10 Å². The number of benzene rings is 1. The number of rotatable bonds is 4. The van der Waals surface area contributed by atoms with E-state index in [1.807, 2.05) is 22.9 Å². The maximum atomic E-state index is 10.5. The minimum atomic E-state index is 0.228. The molecule has 0 atom stereocenters. The van der Waals surface area contributed by atoms with Gasteiger partial charge < -0.3 is 5.11 Å². The van der Waals surface area contributed by atoms with Crippen LogP contribution in [0.25, 0.3) is 11.3 Å². The van der Waals surface area contributed by atoms with Crippen LogP contribution in [0.15, 0.2) is 24.3 Å². The predicted octanol–water partition coefficient (Wildman–Crippen LogP) is 4.10. The first kappa shape index (κ1) is 13.7. The maximum Gasteiger partial charge on any atom is 0.164 e. The van der Waals surface area contributed by atoms with Crippen LogP contribution in [0.4, 0.5) is 0 Å². The van der Waals surface area contributed by atoms with Crippen LogP contribution < -0.4 is 0 Å². The standard InChI is InChI=1S/C16H22N2O/c1-5-8-14-16(19)15(18(17-14)11(2)3)13-10-7-6-9-12(13)4/h6-7,9-11,19H,5,8H2,1-4H3. The number of nitrogens with zero attached hydrogens (tertiary/aromatic N) is 2. The molecule has 102 valence electrons. The fraction of sp³-hybridized carbons (Fsp3) is 0.438. The Labute approximate surface area is 114 Å². The van der Waals surface area contributed by atoms with Crippen molar-refractivity contribution in [2.75, 3.05) is 0 Å². The maximum absolute atomic E-state index is 10.5. The van der Waals surface area contributed by atoms with Crippen LogP contribution in [-0.2, 0) is 6.42 Å². The quantitative estimate of drug-likeness (QED) is 0.896. The van der Waals surface area contributed by atoms with Gasteiger partial charge in [-0.15, -0.1) is 0 Å². The molecule has 0 aliphatic heterocycles. The Morgan fingerprint density at radius 3 is 2.53 bits per heavy atom. The Hall–Kier alpha value is -1.77. The van der Waals surface area contributed by atoms with Crippen molar-refractivity contribution in [3.8, 4) is 17.0 Å². The van der Waals surface area contributed by atoms with E-state index in [2.05, 4.69) is 38.9 Å². The van der Waals surface area contributed by atoms with Crippen molar-refractivity contribution >= 4 is 0 Å². The van der Waals surface area contributed by atoms with Gasteiger partial charge in [0.15, 0.2) is 5.75 Å². The van der Waals surface area contributed by atoms with Crippen molar-refractivity contribution < 1.29 is 5.11 Å². The third kappa shape index (κ3) is 2.50. The summed E-state index contributed by atoms with van der Waals surface area (Å²) in [4.78, 5) is 0. The molecule has 0 fully saturated rings. The Morgan fingerprint density at radius 2 is 1.95 bits per heavy atom. The molecule has 0 spiro atoms. The van der Waals surface area contributed by atoms with Crippen molar-refractivity contribution in [1.82, 2.24) is 9.78 Å². The molecule has 19 heavy (non-hydrogen) atoms. The highest BCUT2D eigenvalue weighted by atomic mass is 16.3. The molecule has 1 aromatic heterocycles. The lowest BCUT2D eigenvalue weighted by Gasteiger charge is -2.12. The second kappa shape index (κ2) is 5.47. The largest absolute Gasteiger partial charge is 0.504 e. The smallest absolute Gasteiger partial charge is 0.164 e. The van der Waals surface area contributed by atoms with E-state index in [1.165, 1.54) is 0 Å². The highest BCUT2D eigenvalue weighted by molar-refractivity contribution is 5.70. The lowest BCUT2D eigenvalue weighted by molar-refractivity contribution is 0.468. The monoisotopic (exact) mass is 258 g/mol. The average molecular weight is 258 g/mol. The van der Waals surface area contributed by atoms with Crippen LogP contribution >= 0.6 is 0 Å². The van der Waals surface area contributed by atoms with Gasteiger partial charge in [0.1, 0.15) is 11.4 Å². The second-order valence-corrected chi connectivity index (χ2v) is 5.25. The van der Waals surface area contributed by atoms with Gasteiger partial charge in [0.25, 0.3) is 0 Å². The van der Waals surface area contributed by atoms with E-state index in [1.54, 1.807) is 0 Å². The van der Waals surface area contributed by atoms with Crippen LogP contribution in [0.5, 0.6) is 5.75 Å². The van der Waals surface area contributed by atoms with E-state index in [4.69, 9.17) is 0 Å². The highest BCUT2D eigenvalue weighted by Gasteiger charge is 2.20. The van der Waals surface area contributed by atoms with Gasteiger partial charge in [0.2, 0.25) is 0 Å². The minimum absolute atomic E-state index is 0.228. The molecule has 0 radical (unpaired) electrons. The zero-order valence-electron chi connectivity index (χ0n) is 12.1. The molecule has 0 unspecified atom stereocenters. The number of aromatic nitrogens is 2. The van der Waals surface area contributed by atoms with E-state index in [-0.39, 0.29) is 6.04 Å². The van der Waals surface area contributed by atoms with Gasteiger partial charge in [-0.3, -0.25) is 4.68 Å². The van der Waals surface area contributed by atoms with Gasteiger partial charge >= 0.3 is 0 Å². The molecule has 0 aliphatic carbocycles. The van der Waals surface area contributed by atoms with Crippen LogP contribution in [0.2, 0.25) is 0 Å². The van der Waals surface area contributed by atoms with Crippen molar-refractivity contribution in [3.63, 3.8) is 0 Å². The Bertz CT molecular complexity index is 570. The minimum Gasteiger partial charge on any atom is -0.504 e. The zero-order chi connectivity index (χ0) is 14.0. The molecule has 3 heteroatoms. The zero-order valence-corrected chi connectivity index (χ0v) is 12.1. The molecule has 0 aliphatic rings. The summed E-state index contributed by atoms with van der Waals surface area (Å²) in [5.74, 6) is 0.338. The van der Waals surface area contributed by atoms with Crippen molar-refractivity contribution in [2.45, 2.75) is 46.6 Å². The molecule has 1 N–H and O–H groups in total. The Balaban J connectivity index is 2.64. The van der Waals surface area contributed by atoms with E-state index < -0.39 is 0 Å². The van der Waals surface area contributed by atoms with Gasteiger partial charge in [-0.1, -0.05) is 37.6 Å². The molecule has 0 bridgehead atoms. The first-order chi connectivity index (χ1) is 9.06. The van der Waals surface area contributed by atoms with E-state index in [0.717, 1.165) is 35.4 Å². The predicted molar refractivity (Wildman–Crippen MR) is 78.4 cm³/mol. The molecule has 2 rings (SSSR count). The van der Waals surface area contributed by atoms with Crippen LogP contribution in [0.3, 0.4) is 0 Å². The first-order valence-corrected chi connectivity index (χ1v) is 6.92. The van der Waals surface area contributed by atoms with Crippen molar-refractivity contribution in [3.05, 3.63) is 35.5 Å². The third-order valence-corrected chi connectivity index (χ3v) is 3.33. The lowest BCUT2D eigenvalue weighted by Crippen LogP contribution is -2.05. The number of aromatic hydroxyl groups is 1. The third-order valence-electron chi connectivity index (χ3n) is 3.33. The molecular formula is C16H22N2O. The fourth-order valence-electron chi connectivity index (χ4n) is 2.34. The summed E-state index contributed by atoms with van der Waals surface area (Å²) in [6.45, 7) is 8.33. The summed E-state index contributed by atoms with van der Waals surface area (Å²) < 4.78 is 1.93. The van der Waals surface area contributed by atoms with Crippen LogP contribution in [0, 0.1) is 6.92 Å². The first-order valence-electron chi connectivity index (χ1n) is 6.92. The summed E-state index contributed by atoms with van der Waals surface area (Å²) in [5, 5.41) is 15.1. The number of aryl methyl sites for hydroxylation is 2. The van der Waals surface area contributed by atoms with Crippen LogP contribution in [-0.4, -0.2) is 14.9 Å². The summed E-state index contributed by atoms with van der Waals surface area (Å²) in [5.41, 5.74) is 3.86. The highest BCUT2D eigenvalue weighted by Crippen LogP contribution is 2.36. The van der Waals surface area contributed by atoms with Gasteiger partial charge in [0.05, 0.1) is 0 Å². The summed E-state index contributed by atoms with van der Waals surface area (Å²) in [6, 6.07) is 8.34. The SMILES string of the molecule is CCCc1nn(C(C)C)c(-c2ccccc2C)c1O. The van der Waals surface area contributed by atoms with E-state index in [0.29, 0.717) is 5.75 Å². The average Bonchev–Trinajstić information content (AvgIpc) is 2.69. The molecule has 2 aromatic rings. The molecule has 0 saturated carbocycles. The van der Waals surface area contributed by atoms with E-state index >= 15 is 0 Å². The van der Waals surface area contributed by atoms with Crippen molar-refractivity contribution in [2.24, 2.45) is 0 Å². The number of hydrogen-bond donors (Lipinski definition) is 1. The normalized spacial score (nSPS) is 11.2. The van der Waals surface area contributed by atoms with Crippen molar-refractivity contribution in [1.29, 1.82) is 0 Å². The van der Waals surface area contributed by atoms with E-state index in [9.17, 15) is 5.11 Å². The summed E-state index contributed by atoms with van der Waals surface area (Å²) >= 11 is 0. The molecular weight excluding hydrogens is 236 g/mol. The lowest BCUT2D eigenvalue weighted by atomic mass is 10.0. The fourth-order valence-corrected chi connectivity index (χ4v) is 2.34. The molecule has 0 saturated heterocycles. The van der Waals surface area contributed by atoms with Crippen LogP contribution in [0.1, 0.15) is 44.5 Å².